The van der Waals surface area contributed by atoms with E-state index in [1.807, 2.05) is 4.57 Å². The van der Waals surface area contributed by atoms with Gasteiger partial charge in [-0.2, -0.15) is 0 Å². The average molecular weight is 306 g/mol. The average Bonchev–Trinajstić information content (AvgIpc) is 2.91. The first-order valence-electron chi connectivity index (χ1n) is 8.45. The van der Waals surface area contributed by atoms with Gasteiger partial charge < -0.3 is 14.6 Å². The topological polar surface area (TPSA) is 71.2 Å². The normalized spacial score (nSPS) is 23.7. The maximum atomic E-state index is 11.5. The lowest BCUT2D eigenvalue weighted by Crippen LogP contribution is -2.39. The Labute approximate surface area is 131 Å². The van der Waals surface area contributed by atoms with Crippen LogP contribution in [0.1, 0.15) is 57.2 Å². The molecule has 22 heavy (non-hydrogen) atoms. The first kappa shape index (κ1) is 15.5. The lowest BCUT2D eigenvalue weighted by atomic mass is 9.92. The molecular weight excluding hydrogens is 280 g/mol. The third kappa shape index (κ3) is 3.02. The van der Waals surface area contributed by atoms with Gasteiger partial charge in [-0.15, -0.1) is 10.2 Å². The molecule has 0 amide bonds. The van der Waals surface area contributed by atoms with E-state index in [2.05, 4.69) is 28.9 Å². The fraction of sp³-hybridized carbons (Fsp3) is 0.812. The van der Waals surface area contributed by atoms with Crippen LogP contribution in [0, 0.1) is 5.92 Å². The van der Waals surface area contributed by atoms with E-state index in [1.165, 1.54) is 0 Å². The van der Waals surface area contributed by atoms with Crippen LogP contribution in [0.15, 0.2) is 0 Å². The van der Waals surface area contributed by atoms with Crippen molar-refractivity contribution in [3.05, 3.63) is 11.6 Å². The van der Waals surface area contributed by atoms with E-state index in [1.54, 1.807) is 0 Å². The fourth-order valence-corrected chi connectivity index (χ4v) is 3.78. The van der Waals surface area contributed by atoms with Crippen LogP contribution in [-0.2, 0) is 17.6 Å². The maximum absolute atomic E-state index is 11.5. The monoisotopic (exact) mass is 306 g/mol. The van der Waals surface area contributed by atoms with Gasteiger partial charge in [-0.25, -0.2) is 4.79 Å². The standard InChI is InChI=1S/C16H26N4O2/c1-11(2)19-8-6-12(7-9-19)10-15-18-17-14-5-3-4-13(16(21)22)20(14)15/h11-13H,3-10H2,1-2H3,(H,21,22). The number of aromatic nitrogens is 3. The first-order valence-corrected chi connectivity index (χ1v) is 8.45. The first-order chi connectivity index (χ1) is 10.6. The molecule has 0 aromatic carbocycles. The summed E-state index contributed by atoms with van der Waals surface area (Å²) in [5, 5.41) is 18.0. The van der Waals surface area contributed by atoms with E-state index in [0.717, 1.165) is 56.8 Å². The Morgan fingerprint density at radius 3 is 2.64 bits per heavy atom. The summed E-state index contributed by atoms with van der Waals surface area (Å²) in [5.41, 5.74) is 0. The van der Waals surface area contributed by atoms with E-state index in [-0.39, 0.29) is 0 Å². The predicted molar refractivity (Wildman–Crippen MR) is 82.8 cm³/mol. The molecule has 0 radical (unpaired) electrons. The van der Waals surface area contributed by atoms with Crippen LogP contribution in [0.5, 0.6) is 0 Å². The SMILES string of the molecule is CC(C)N1CCC(Cc2nnc3n2C(C(=O)O)CCC3)CC1. The highest BCUT2D eigenvalue weighted by atomic mass is 16.4. The van der Waals surface area contributed by atoms with Crippen molar-refractivity contribution in [2.45, 2.75) is 64.5 Å². The van der Waals surface area contributed by atoms with Gasteiger partial charge in [0.15, 0.2) is 0 Å². The summed E-state index contributed by atoms with van der Waals surface area (Å²) in [6.45, 7) is 6.75. The number of likely N-dealkylation sites (tertiary alicyclic amines) is 1. The van der Waals surface area contributed by atoms with Gasteiger partial charge in [0.1, 0.15) is 17.7 Å². The highest BCUT2D eigenvalue weighted by molar-refractivity contribution is 5.72. The zero-order valence-electron chi connectivity index (χ0n) is 13.5. The Kier molecular flexibility index (Phi) is 4.47. The van der Waals surface area contributed by atoms with Crippen molar-refractivity contribution in [2.24, 2.45) is 5.92 Å². The minimum atomic E-state index is -0.753. The van der Waals surface area contributed by atoms with Crippen LogP contribution >= 0.6 is 0 Å². The van der Waals surface area contributed by atoms with E-state index in [4.69, 9.17) is 0 Å². The summed E-state index contributed by atoms with van der Waals surface area (Å²) in [6.07, 6.45) is 5.63. The van der Waals surface area contributed by atoms with Crippen molar-refractivity contribution in [1.82, 2.24) is 19.7 Å². The van der Waals surface area contributed by atoms with Crippen molar-refractivity contribution >= 4 is 5.97 Å². The Balaban J connectivity index is 1.69. The van der Waals surface area contributed by atoms with Gasteiger partial charge in [-0.1, -0.05) is 0 Å². The van der Waals surface area contributed by atoms with Crippen LogP contribution < -0.4 is 0 Å². The summed E-state index contributed by atoms with van der Waals surface area (Å²) < 4.78 is 1.90. The number of carboxylic acids is 1. The molecular formula is C16H26N4O2. The molecule has 3 heterocycles. The second kappa shape index (κ2) is 6.36. The molecule has 3 rings (SSSR count). The van der Waals surface area contributed by atoms with Crippen molar-refractivity contribution in [3.8, 4) is 0 Å². The molecule has 1 aromatic rings. The number of rotatable bonds is 4. The van der Waals surface area contributed by atoms with Gasteiger partial charge in [0.25, 0.3) is 0 Å². The Hall–Kier alpha value is -1.43. The molecule has 1 fully saturated rings. The molecule has 0 aliphatic carbocycles. The zero-order chi connectivity index (χ0) is 15.7. The van der Waals surface area contributed by atoms with E-state index in [9.17, 15) is 9.90 Å². The molecule has 122 valence electrons. The molecule has 1 N–H and O–H groups in total. The fourth-order valence-electron chi connectivity index (χ4n) is 3.78. The van der Waals surface area contributed by atoms with Gasteiger partial charge in [0, 0.05) is 18.9 Å². The number of hydrogen-bond donors (Lipinski definition) is 1. The van der Waals surface area contributed by atoms with Crippen LogP contribution in [0.3, 0.4) is 0 Å². The second-order valence-electron chi connectivity index (χ2n) is 6.93. The molecule has 0 bridgehead atoms. The number of piperidine rings is 1. The van der Waals surface area contributed by atoms with Gasteiger partial charge >= 0.3 is 5.97 Å². The largest absolute Gasteiger partial charge is 0.480 e. The number of carbonyl (C=O) groups is 1. The molecule has 1 unspecified atom stereocenters. The van der Waals surface area contributed by atoms with Gasteiger partial charge in [-0.3, -0.25) is 0 Å². The molecule has 1 atom stereocenters. The quantitative estimate of drug-likeness (QED) is 0.920. The summed E-state index contributed by atoms with van der Waals surface area (Å²) in [4.78, 5) is 14.0. The molecule has 2 aliphatic rings. The third-order valence-electron chi connectivity index (χ3n) is 5.16. The van der Waals surface area contributed by atoms with Crippen molar-refractivity contribution in [1.29, 1.82) is 0 Å². The molecule has 1 saturated heterocycles. The Morgan fingerprint density at radius 1 is 1.27 bits per heavy atom. The highest BCUT2D eigenvalue weighted by Crippen LogP contribution is 2.28. The van der Waals surface area contributed by atoms with Gasteiger partial charge in [0.2, 0.25) is 0 Å². The minimum absolute atomic E-state index is 0.468. The summed E-state index contributed by atoms with van der Waals surface area (Å²) >= 11 is 0. The van der Waals surface area contributed by atoms with Crippen molar-refractivity contribution in [2.75, 3.05) is 13.1 Å². The highest BCUT2D eigenvalue weighted by Gasteiger charge is 2.31. The van der Waals surface area contributed by atoms with E-state index >= 15 is 0 Å². The number of hydrogen-bond acceptors (Lipinski definition) is 4. The van der Waals surface area contributed by atoms with E-state index < -0.39 is 12.0 Å². The summed E-state index contributed by atoms with van der Waals surface area (Å²) in [5.74, 6) is 1.58. The summed E-state index contributed by atoms with van der Waals surface area (Å²) in [6, 6.07) is 0.141. The smallest absolute Gasteiger partial charge is 0.326 e. The Morgan fingerprint density at radius 2 is 2.00 bits per heavy atom. The van der Waals surface area contributed by atoms with Crippen LogP contribution in [-0.4, -0.2) is 49.9 Å². The molecule has 6 heteroatoms. The second-order valence-corrected chi connectivity index (χ2v) is 6.93. The number of fused-ring (bicyclic) bond motifs is 1. The minimum Gasteiger partial charge on any atom is -0.480 e. The lowest BCUT2D eigenvalue weighted by Gasteiger charge is -2.34. The van der Waals surface area contributed by atoms with Gasteiger partial charge in [-0.05, 0) is 58.5 Å². The lowest BCUT2D eigenvalue weighted by molar-refractivity contribution is -0.141. The van der Waals surface area contributed by atoms with Crippen molar-refractivity contribution in [3.63, 3.8) is 0 Å². The molecule has 6 nitrogen and oxygen atoms in total. The number of aliphatic carboxylic acids is 1. The van der Waals surface area contributed by atoms with Crippen LogP contribution in [0.4, 0.5) is 0 Å². The van der Waals surface area contributed by atoms with Crippen molar-refractivity contribution < 1.29 is 9.90 Å². The van der Waals surface area contributed by atoms with Crippen LogP contribution in [0.25, 0.3) is 0 Å². The predicted octanol–water partition coefficient (Wildman–Crippen LogP) is 1.90. The summed E-state index contributed by atoms with van der Waals surface area (Å²) in [7, 11) is 0. The molecule has 0 spiro atoms. The van der Waals surface area contributed by atoms with Gasteiger partial charge in [0.05, 0.1) is 0 Å². The Bertz CT molecular complexity index is 532. The zero-order valence-corrected chi connectivity index (χ0v) is 13.5. The number of carboxylic acid groups (broad SMARTS) is 1. The molecule has 0 saturated carbocycles. The maximum Gasteiger partial charge on any atom is 0.326 e. The molecule has 2 aliphatic heterocycles. The number of aryl methyl sites for hydroxylation is 1. The van der Waals surface area contributed by atoms with E-state index in [0.29, 0.717) is 18.4 Å². The third-order valence-corrected chi connectivity index (χ3v) is 5.16. The van der Waals surface area contributed by atoms with Crippen LogP contribution in [0.2, 0.25) is 0 Å². The molecule has 1 aromatic heterocycles. The number of nitrogens with zero attached hydrogens (tertiary/aromatic N) is 4.